The fourth-order valence-electron chi connectivity index (χ4n) is 2.46. The highest BCUT2D eigenvalue weighted by molar-refractivity contribution is 5.76. The lowest BCUT2D eigenvalue weighted by atomic mass is 10.1. The molecule has 2 heterocycles. The summed E-state index contributed by atoms with van der Waals surface area (Å²) >= 11 is 0. The van der Waals surface area contributed by atoms with Crippen LogP contribution in [0.2, 0.25) is 0 Å². The van der Waals surface area contributed by atoms with Gasteiger partial charge in [-0.05, 0) is 45.2 Å². The lowest BCUT2D eigenvalue weighted by molar-refractivity contribution is -0.131. The molecule has 0 radical (unpaired) electrons. The van der Waals surface area contributed by atoms with E-state index in [1.54, 1.807) is 6.20 Å². The van der Waals surface area contributed by atoms with Crippen molar-refractivity contribution in [2.75, 3.05) is 25.0 Å². The zero-order valence-electron chi connectivity index (χ0n) is 13.0. The third-order valence-electron chi connectivity index (χ3n) is 3.47. The maximum absolute atomic E-state index is 12.1. The summed E-state index contributed by atoms with van der Waals surface area (Å²) in [5, 5.41) is 3.21. The molecule has 0 unspecified atom stereocenters. The second-order valence-electron chi connectivity index (χ2n) is 5.63. The Morgan fingerprint density at radius 1 is 1.38 bits per heavy atom. The summed E-state index contributed by atoms with van der Waals surface area (Å²) in [7, 11) is 0. The van der Waals surface area contributed by atoms with Crippen molar-refractivity contribution in [3.63, 3.8) is 0 Å². The number of pyridine rings is 1. The number of hydrogen-bond acceptors (Lipinski definition) is 4. The van der Waals surface area contributed by atoms with Crippen molar-refractivity contribution < 1.29 is 9.53 Å². The van der Waals surface area contributed by atoms with Crippen LogP contribution in [-0.2, 0) is 4.79 Å². The summed E-state index contributed by atoms with van der Waals surface area (Å²) in [6.07, 6.45) is 5.83. The molecule has 1 aliphatic heterocycles. The number of hydrogen-bond donors (Lipinski definition) is 1. The molecule has 5 heteroatoms. The minimum atomic E-state index is 0.102. The van der Waals surface area contributed by atoms with Crippen LogP contribution >= 0.6 is 0 Å². The second-order valence-corrected chi connectivity index (χ2v) is 5.63. The van der Waals surface area contributed by atoms with E-state index in [0.717, 1.165) is 31.7 Å². The number of rotatable bonds is 6. The highest BCUT2D eigenvalue weighted by Crippen LogP contribution is 2.22. The molecule has 2 rings (SSSR count). The van der Waals surface area contributed by atoms with Gasteiger partial charge in [0.15, 0.2) is 11.6 Å². The first-order chi connectivity index (χ1) is 10.2. The van der Waals surface area contributed by atoms with Gasteiger partial charge in [-0.2, -0.15) is 0 Å². The average molecular weight is 291 g/mol. The zero-order valence-corrected chi connectivity index (χ0v) is 13.0. The van der Waals surface area contributed by atoms with Crippen LogP contribution in [0.3, 0.4) is 0 Å². The van der Waals surface area contributed by atoms with Crippen LogP contribution in [0.5, 0.6) is 5.75 Å². The molecule has 0 saturated carbocycles. The summed E-state index contributed by atoms with van der Waals surface area (Å²) < 4.78 is 5.70. The third-order valence-corrected chi connectivity index (χ3v) is 3.47. The second kappa shape index (κ2) is 7.86. The Balaban J connectivity index is 1.81. The minimum Gasteiger partial charge on any atom is -0.487 e. The molecule has 1 N–H and O–H groups in total. The predicted molar refractivity (Wildman–Crippen MR) is 83.5 cm³/mol. The number of carbonyl (C=O) groups excluding carboxylic acids is 1. The molecule has 1 fully saturated rings. The molecule has 1 aromatic heterocycles. The summed E-state index contributed by atoms with van der Waals surface area (Å²) in [4.78, 5) is 18.3. The number of carbonyl (C=O) groups is 1. The number of aromatic nitrogens is 1. The molecule has 116 valence electrons. The molecule has 1 aromatic rings. The first-order valence-electron chi connectivity index (χ1n) is 7.80. The summed E-state index contributed by atoms with van der Waals surface area (Å²) in [6.45, 7) is 6.36. The Labute approximate surface area is 126 Å². The van der Waals surface area contributed by atoms with E-state index < -0.39 is 0 Å². The molecule has 0 aromatic carbocycles. The van der Waals surface area contributed by atoms with Gasteiger partial charge in [0, 0.05) is 32.3 Å². The highest BCUT2D eigenvalue weighted by Gasteiger charge is 2.16. The largest absolute Gasteiger partial charge is 0.487 e. The number of amides is 1. The van der Waals surface area contributed by atoms with Gasteiger partial charge in [0.25, 0.3) is 0 Å². The molecule has 1 saturated heterocycles. The van der Waals surface area contributed by atoms with Gasteiger partial charge < -0.3 is 15.0 Å². The first-order valence-corrected chi connectivity index (χ1v) is 7.80. The van der Waals surface area contributed by atoms with Gasteiger partial charge in [-0.3, -0.25) is 4.79 Å². The van der Waals surface area contributed by atoms with E-state index in [1.165, 1.54) is 6.42 Å². The lowest BCUT2D eigenvalue weighted by Crippen LogP contribution is -2.36. The Hall–Kier alpha value is -1.78. The average Bonchev–Trinajstić information content (AvgIpc) is 2.49. The standard InChI is InChI=1S/C16H25N3O2/c1-13(2)21-14-7-6-9-17-16(14)18-10-8-15(20)19-11-4-3-5-12-19/h6-7,9,13H,3-5,8,10-12H2,1-2H3,(H,17,18). The van der Waals surface area contributed by atoms with Crippen LogP contribution in [0.4, 0.5) is 5.82 Å². The van der Waals surface area contributed by atoms with Gasteiger partial charge in [-0.15, -0.1) is 0 Å². The summed E-state index contributed by atoms with van der Waals surface area (Å²) in [5.41, 5.74) is 0. The van der Waals surface area contributed by atoms with Crippen molar-refractivity contribution in [2.45, 2.75) is 45.6 Å². The van der Waals surface area contributed by atoms with Gasteiger partial charge >= 0.3 is 0 Å². The van der Waals surface area contributed by atoms with E-state index in [9.17, 15) is 4.79 Å². The number of anilines is 1. The molecule has 0 spiro atoms. The Morgan fingerprint density at radius 3 is 2.86 bits per heavy atom. The van der Waals surface area contributed by atoms with Crippen molar-refractivity contribution >= 4 is 11.7 Å². The van der Waals surface area contributed by atoms with Gasteiger partial charge in [0.2, 0.25) is 5.91 Å². The quantitative estimate of drug-likeness (QED) is 0.875. The Morgan fingerprint density at radius 2 is 2.14 bits per heavy atom. The van der Waals surface area contributed by atoms with Gasteiger partial charge in [-0.1, -0.05) is 0 Å². The SMILES string of the molecule is CC(C)Oc1cccnc1NCCC(=O)N1CCCCC1. The maximum atomic E-state index is 12.1. The fourth-order valence-corrected chi connectivity index (χ4v) is 2.46. The number of nitrogens with zero attached hydrogens (tertiary/aromatic N) is 2. The Bertz CT molecular complexity index is 457. The number of piperidine rings is 1. The van der Waals surface area contributed by atoms with Crippen LogP contribution in [0, 0.1) is 0 Å². The molecule has 21 heavy (non-hydrogen) atoms. The molecule has 0 atom stereocenters. The van der Waals surface area contributed by atoms with Crippen LogP contribution in [0.25, 0.3) is 0 Å². The van der Waals surface area contributed by atoms with Crippen molar-refractivity contribution in [3.8, 4) is 5.75 Å². The predicted octanol–water partition coefficient (Wildman–Crippen LogP) is 2.68. The number of nitrogens with one attached hydrogen (secondary N) is 1. The van der Waals surface area contributed by atoms with Crippen LogP contribution in [0.1, 0.15) is 39.5 Å². The highest BCUT2D eigenvalue weighted by atomic mass is 16.5. The van der Waals surface area contributed by atoms with Gasteiger partial charge in [0.05, 0.1) is 6.10 Å². The third kappa shape index (κ3) is 4.92. The summed E-state index contributed by atoms with van der Waals surface area (Å²) in [6, 6.07) is 3.74. The van der Waals surface area contributed by atoms with E-state index in [1.807, 2.05) is 30.9 Å². The maximum Gasteiger partial charge on any atom is 0.224 e. The van der Waals surface area contributed by atoms with E-state index >= 15 is 0 Å². The molecular formula is C16H25N3O2. The van der Waals surface area contributed by atoms with Crippen LogP contribution in [-0.4, -0.2) is 41.5 Å². The molecule has 0 aliphatic carbocycles. The Kier molecular flexibility index (Phi) is 5.84. The topological polar surface area (TPSA) is 54.5 Å². The zero-order chi connectivity index (χ0) is 15.1. The van der Waals surface area contributed by atoms with Crippen molar-refractivity contribution in [3.05, 3.63) is 18.3 Å². The van der Waals surface area contributed by atoms with Crippen molar-refractivity contribution in [1.29, 1.82) is 0 Å². The lowest BCUT2D eigenvalue weighted by Gasteiger charge is -2.26. The normalized spacial score (nSPS) is 15.1. The van der Waals surface area contributed by atoms with E-state index in [4.69, 9.17) is 4.74 Å². The van der Waals surface area contributed by atoms with Crippen molar-refractivity contribution in [2.24, 2.45) is 0 Å². The van der Waals surface area contributed by atoms with E-state index in [-0.39, 0.29) is 12.0 Å². The first kappa shape index (κ1) is 15.6. The van der Waals surface area contributed by atoms with Crippen LogP contribution < -0.4 is 10.1 Å². The number of ether oxygens (including phenoxy) is 1. The molecule has 1 aliphatic rings. The van der Waals surface area contributed by atoms with Crippen LogP contribution in [0.15, 0.2) is 18.3 Å². The van der Waals surface area contributed by atoms with Gasteiger partial charge in [0.1, 0.15) is 0 Å². The van der Waals surface area contributed by atoms with Gasteiger partial charge in [-0.25, -0.2) is 4.98 Å². The monoisotopic (exact) mass is 291 g/mol. The molecular weight excluding hydrogens is 266 g/mol. The fraction of sp³-hybridized carbons (Fsp3) is 0.625. The van der Waals surface area contributed by atoms with Crippen molar-refractivity contribution in [1.82, 2.24) is 9.88 Å². The minimum absolute atomic E-state index is 0.102. The molecule has 5 nitrogen and oxygen atoms in total. The molecule has 0 bridgehead atoms. The van der Waals surface area contributed by atoms with E-state index in [0.29, 0.717) is 18.8 Å². The smallest absolute Gasteiger partial charge is 0.224 e. The molecule has 1 amide bonds. The van der Waals surface area contributed by atoms with E-state index in [2.05, 4.69) is 10.3 Å². The number of likely N-dealkylation sites (tertiary alicyclic amines) is 1. The summed E-state index contributed by atoms with van der Waals surface area (Å²) in [5.74, 6) is 1.67.